The van der Waals surface area contributed by atoms with Crippen molar-refractivity contribution < 1.29 is 8.42 Å². The molecule has 0 amide bonds. The van der Waals surface area contributed by atoms with Crippen LogP contribution in [0.1, 0.15) is 18.9 Å². The molecule has 18 heavy (non-hydrogen) atoms. The van der Waals surface area contributed by atoms with Crippen molar-refractivity contribution >= 4 is 10.0 Å². The Kier molecular flexibility index (Phi) is 5.31. The fourth-order valence-corrected chi connectivity index (χ4v) is 2.41. The van der Waals surface area contributed by atoms with Crippen LogP contribution in [0.5, 0.6) is 0 Å². The molecular weight excluding hydrogens is 246 g/mol. The molecule has 1 aromatic rings. The van der Waals surface area contributed by atoms with Crippen molar-refractivity contribution in [2.45, 2.75) is 25.2 Å². The van der Waals surface area contributed by atoms with E-state index in [4.69, 9.17) is 0 Å². The summed E-state index contributed by atoms with van der Waals surface area (Å²) in [4.78, 5) is 0.284. The van der Waals surface area contributed by atoms with E-state index < -0.39 is 10.0 Å². The van der Waals surface area contributed by atoms with Gasteiger partial charge in [0, 0.05) is 6.54 Å². The summed E-state index contributed by atoms with van der Waals surface area (Å²) in [6, 6.07) is 6.77. The van der Waals surface area contributed by atoms with Crippen LogP contribution >= 0.6 is 0 Å². The molecule has 0 aliphatic heterocycles. The second kappa shape index (κ2) is 6.52. The standard InChI is InChI=1S/C14H19NO2S/c1-4-5-6-13(3)11-15-18(16,17)14-9-7-12(2)8-10-14/h4-5,7-10,15H,3,6,11H2,1-2H3/b5-4+. The zero-order valence-electron chi connectivity index (χ0n) is 10.8. The van der Waals surface area contributed by atoms with Gasteiger partial charge in [0.15, 0.2) is 0 Å². The van der Waals surface area contributed by atoms with E-state index >= 15 is 0 Å². The second-order valence-corrected chi connectivity index (χ2v) is 5.93. The Balaban J connectivity index is 2.65. The second-order valence-electron chi connectivity index (χ2n) is 4.16. The van der Waals surface area contributed by atoms with Gasteiger partial charge in [0.2, 0.25) is 10.0 Å². The highest BCUT2D eigenvalue weighted by atomic mass is 32.2. The fourth-order valence-electron chi connectivity index (χ4n) is 1.35. The first-order valence-corrected chi connectivity index (χ1v) is 7.28. The predicted octanol–water partition coefficient (Wildman–Crippen LogP) is 2.80. The first-order valence-electron chi connectivity index (χ1n) is 5.80. The summed E-state index contributed by atoms with van der Waals surface area (Å²) >= 11 is 0. The zero-order valence-corrected chi connectivity index (χ0v) is 11.6. The number of allylic oxidation sites excluding steroid dienone is 2. The van der Waals surface area contributed by atoms with Crippen molar-refractivity contribution in [3.8, 4) is 0 Å². The Morgan fingerprint density at radius 1 is 1.33 bits per heavy atom. The number of nitrogens with one attached hydrogen (secondary N) is 1. The van der Waals surface area contributed by atoms with Gasteiger partial charge in [-0.25, -0.2) is 13.1 Å². The van der Waals surface area contributed by atoms with Gasteiger partial charge in [-0.15, -0.1) is 0 Å². The molecule has 0 saturated heterocycles. The lowest BCUT2D eigenvalue weighted by molar-refractivity contribution is 0.584. The number of aryl methyl sites for hydroxylation is 1. The van der Waals surface area contributed by atoms with E-state index in [1.165, 1.54) is 0 Å². The van der Waals surface area contributed by atoms with Gasteiger partial charge in [0.05, 0.1) is 4.90 Å². The van der Waals surface area contributed by atoms with Crippen molar-refractivity contribution in [3.05, 3.63) is 54.1 Å². The van der Waals surface area contributed by atoms with Crippen LogP contribution in [0.15, 0.2) is 53.5 Å². The van der Waals surface area contributed by atoms with E-state index in [1.54, 1.807) is 24.3 Å². The monoisotopic (exact) mass is 265 g/mol. The summed E-state index contributed by atoms with van der Waals surface area (Å²) in [7, 11) is -3.43. The third-order valence-electron chi connectivity index (χ3n) is 2.49. The molecular formula is C14H19NO2S. The van der Waals surface area contributed by atoms with E-state index in [2.05, 4.69) is 11.3 Å². The third-order valence-corrected chi connectivity index (χ3v) is 3.90. The predicted molar refractivity (Wildman–Crippen MR) is 74.9 cm³/mol. The summed E-state index contributed by atoms with van der Waals surface area (Å²) < 4.78 is 26.4. The van der Waals surface area contributed by atoms with Crippen LogP contribution in [-0.2, 0) is 10.0 Å². The minimum absolute atomic E-state index is 0.264. The Morgan fingerprint density at radius 3 is 2.50 bits per heavy atom. The molecule has 0 aliphatic rings. The van der Waals surface area contributed by atoms with Crippen molar-refractivity contribution in [2.75, 3.05) is 6.54 Å². The van der Waals surface area contributed by atoms with Crippen LogP contribution in [0.2, 0.25) is 0 Å². The summed E-state index contributed by atoms with van der Waals surface area (Å²) in [5.74, 6) is 0. The number of benzene rings is 1. The molecule has 0 aliphatic carbocycles. The Morgan fingerprint density at radius 2 is 1.94 bits per heavy atom. The first-order chi connectivity index (χ1) is 8.45. The molecule has 1 N–H and O–H groups in total. The highest BCUT2D eigenvalue weighted by Crippen LogP contribution is 2.10. The summed E-state index contributed by atoms with van der Waals surface area (Å²) in [6.45, 7) is 7.93. The lowest BCUT2D eigenvalue weighted by atomic mass is 10.2. The average molecular weight is 265 g/mol. The van der Waals surface area contributed by atoms with Crippen LogP contribution < -0.4 is 4.72 Å². The highest BCUT2D eigenvalue weighted by molar-refractivity contribution is 7.89. The Labute approximate surface area is 109 Å². The molecule has 0 aromatic heterocycles. The topological polar surface area (TPSA) is 46.2 Å². The molecule has 0 atom stereocenters. The maximum Gasteiger partial charge on any atom is 0.240 e. The molecule has 0 heterocycles. The fraction of sp³-hybridized carbons (Fsp3) is 0.286. The van der Waals surface area contributed by atoms with Gasteiger partial charge in [0.1, 0.15) is 0 Å². The molecule has 0 saturated carbocycles. The Bertz CT molecular complexity index is 527. The van der Waals surface area contributed by atoms with Crippen LogP contribution in [0.25, 0.3) is 0 Å². The number of hydrogen-bond donors (Lipinski definition) is 1. The molecule has 0 bridgehead atoms. The molecule has 0 unspecified atom stereocenters. The van der Waals surface area contributed by atoms with Gasteiger partial charge in [-0.2, -0.15) is 0 Å². The van der Waals surface area contributed by atoms with Gasteiger partial charge in [-0.05, 0) is 32.4 Å². The molecule has 0 fully saturated rings. The quantitative estimate of drug-likeness (QED) is 0.804. The molecule has 1 aromatic carbocycles. The Hall–Kier alpha value is -1.39. The zero-order chi connectivity index (χ0) is 13.6. The van der Waals surface area contributed by atoms with Crippen LogP contribution in [0.4, 0.5) is 0 Å². The van der Waals surface area contributed by atoms with Gasteiger partial charge >= 0.3 is 0 Å². The van der Waals surface area contributed by atoms with Crippen LogP contribution in [-0.4, -0.2) is 15.0 Å². The van der Waals surface area contributed by atoms with Gasteiger partial charge in [-0.1, -0.05) is 42.0 Å². The van der Waals surface area contributed by atoms with Crippen molar-refractivity contribution in [1.29, 1.82) is 0 Å². The molecule has 1 rings (SSSR count). The maximum absolute atomic E-state index is 12.0. The molecule has 3 nitrogen and oxygen atoms in total. The maximum atomic E-state index is 12.0. The van der Waals surface area contributed by atoms with Gasteiger partial charge < -0.3 is 0 Å². The van der Waals surface area contributed by atoms with E-state index in [0.29, 0.717) is 6.42 Å². The van der Waals surface area contributed by atoms with Crippen molar-refractivity contribution in [3.63, 3.8) is 0 Å². The summed E-state index contributed by atoms with van der Waals surface area (Å²) in [5, 5.41) is 0. The first kappa shape index (κ1) is 14.7. The van der Waals surface area contributed by atoms with Crippen LogP contribution in [0, 0.1) is 6.92 Å². The van der Waals surface area contributed by atoms with Crippen molar-refractivity contribution in [2.24, 2.45) is 0 Å². The molecule has 98 valence electrons. The SMILES string of the molecule is C=C(C/C=C/C)CNS(=O)(=O)c1ccc(C)cc1. The van der Waals surface area contributed by atoms with Gasteiger partial charge in [-0.3, -0.25) is 0 Å². The summed E-state index contributed by atoms with van der Waals surface area (Å²) in [6.07, 6.45) is 4.55. The molecule has 4 heteroatoms. The smallest absolute Gasteiger partial charge is 0.207 e. The number of rotatable bonds is 6. The van der Waals surface area contributed by atoms with E-state index in [0.717, 1.165) is 11.1 Å². The summed E-state index contributed by atoms with van der Waals surface area (Å²) in [5.41, 5.74) is 1.87. The van der Waals surface area contributed by atoms with Crippen molar-refractivity contribution in [1.82, 2.24) is 4.72 Å². The lowest BCUT2D eigenvalue weighted by Gasteiger charge is -2.08. The third kappa shape index (κ3) is 4.47. The van der Waals surface area contributed by atoms with Gasteiger partial charge in [0.25, 0.3) is 0 Å². The highest BCUT2D eigenvalue weighted by Gasteiger charge is 2.12. The molecule has 0 radical (unpaired) electrons. The normalized spacial score (nSPS) is 11.9. The average Bonchev–Trinajstić information content (AvgIpc) is 2.34. The van der Waals surface area contributed by atoms with E-state index in [1.807, 2.05) is 26.0 Å². The molecule has 0 spiro atoms. The van der Waals surface area contributed by atoms with Crippen LogP contribution in [0.3, 0.4) is 0 Å². The number of sulfonamides is 1. The van der Waals surface area contributed by atoms with E-state index in [9.17, 15) is 8.42 Å². The largest absolute Gasteiger partial charge is 0.240 e. The lowest BCUT2D eigenvalue weighted by Crippen LogP contribution is -2.25. The number of hydrogen-bond acceptors (Lipinski definition) is 2. The van der Waals surface area contributed by atoms with E-state index in [-0.39, 0.29) is 11.4 Å². The minimum Gasteiger partial charge on any atom is -0.207 e. The minimum atomic E-state index is -3.43.